The third-order valence-corrected chi connectivity index (χ3v) is 7.34. The topological polar surface area (TPSA) is 320 Å². The number of carbonyl (C=O) groups is 6. The van der Waals surface area contributed by atoms with Crippen molar-refractivity contribution in [2.75, 3.05) is 72.2 Å². The van der Waals surface area contributed by atoms with Crippen LogP contribution in [0.3, 0.4) is 0 Å². The Labute approximate surface area is 257 Å². The molecule has 1 aliphatic rings. The first-order valence-electron chi connectivity index (χ1n) is 13.6. The fraction of sp³-hybridized carbons (Fsp3) is 0.739. The van der Waals surface area contributed by atoms with Gasteiger partial charge in [0.05, 0.1) is 32.8 Å². The molecule has 0 aromatic carbocycles. The largest absolute Gasteiger partial charge is 0.480 e. The molecule has 3 atom stereocenters. The number of carboxylic acid groups (broad SMARTS) is 3. The van der Waals surface area contributed by atoms with Crippen LogP contribution in [0.1, 0.15) is 25.7 Å². The van der Waals surface area contributed by atoms with Gasteiger partial charge in [-0.15, -0.1) is 0 Å². The van der Waals surface area contributed by atoms with Gasteiger partial charge in [0, 0.05) is 44.7 Å². The Morgan fingerprint density at radius 1 is 0.978 bits per heavy atom. The summed E-state index contributed by atoms with van der Waals surface area (Å²) in [5, 5.41) is 33.8. The van der Waals surface area contributed by atoms with Crippen molar-refractivity contribution in [3.63, 3.8) is 0 Å². The number of aliphatic carboxylic acids is 3. The number of ether oxygens (including phenoxy) is 2. The molecule has 3 unspecified atom stereocenters. The average Bonchev–Trinajstić information content (AvgIpc) is 3.12. The number of hydrogen-bond donors (Lipinski definition) is 8. The minimum atomic E-state index is -4.68. The van der Waals surface area contributed by atoms with Gasteiger partial charge in [-0.3, -0.25) is 38.0 Å². The number of amides is 3. The van der Waals surface area contributed by atoms with E-state index in [0.29, 0.717) is 25.9 Å². The lowest BCUT2D eigenvalue weighted by atomic mass is 9.88. The molecule has 21 nitrogen and oxygen atoms in total. The number of hydrogen-bond acceptors (Lipinski definition) is 14. The molecule has 3 amide bonds. The maximum atomic E-state index is 12.3. The lowest BCUT2D eigenvalue weighted by Crippen LogP contribution is -2.61. The Morgan fingerprint density at radius 2 is 1.64 bits per heavy atom. The number of nitrogens with one attached hydrogen (secondary N) is 2. The Balaban J connectivity index is 2.63. The van der Waals surface area contributed by atoms with Gasteiger partial charge in [0.25, 0.3) is 0 Å². The van der Waals surface area contributed by atoms with Crippen LogP contribution in [0.4, 0.5) is 9.59 Å². The molecule has 45 heavy (non-hydrogen) atoms. The molecule has 1 fully saturated rings. The summed E-state index contributed by atoms with van der Waals surface area (Å²) in [6, 6.07) is 0. The van der Waals surface area contributed by atoms with Crippen molar-refractivity contribution in [2.45, 2.75) is 37.3 Å². The summed E-state index contributed by atoms with van der Waals surface area (Å²) in [6.45, 7) is -2.44. The van der Waals surface area contributed by atoms with E-state index in [1.807, 2.05) is 0 Å². The highest BCUT2D eigenvalue weighted by molar-refractivity contribution is 7.47. The van der Waals surface area contributed by atoms with Crippen molar-refractivity contribution in [1.82, 2.24) is 20.4 Å². The van der Waals surface area contributed by atoms with E-state index in [0.717, 1.165) is 0 Å². The highest BCUT2D eigenvalue weighted by Gasteiger charge is 2.41. The smallest absolute Gasteiger partial charge is 0.472 e. The lowest BCUT2D eigenvalue weighted by molar-refractivity contribution is -0.147. The number of phosphoric acid groups is 1. The molecular formula is C23H41N6O15P. The third-order valence-electron chi connectivity index (χ3n) is 6.35. The molecule has 0 aliphatic carbocycles. The van der Waals surface area contributed by atoms with Gasteiger partial charge in [0.2, 0.25) is 5.91 Å². The minimum Gasteiger partial charge on any atom is -0.480 e. The first-order chi connectivity index (χ1) is 21.0. The highest BCUT2D eigenvalue weighted by Crippen LogP contribution is 2.43. The zero-order chi connectivity index (χ0) is 34.0. The molecule has 0 radical (unpaired) electrons. The van der Waals surface area contributed by atoms with Crippen LogP contribution < -0.4 is 22.1 Å². The molecule has 1 rings (SSSR count). The van der Waals surface area contributed by atoms with Crippen LogP contribution in [-0.4, -0.2) is 150 Å². The Kier molecular flexibility index (Phi) is 17.3. The normalized spacial score (nSPS) is 19.1. The Morgan fingerprint density at radius 3 is 2.22 bits per heavy atom. The van der Waals surface area contributed by atoms with E-state index in [4.69, 9.17) is 16.0 Å². The number of unbranched alkanes of at least 4 members (excludes halogenated alkanes) is 1. The molecule has 0 bridgehead atoms. The van der Waals surface area contributed by atoms with Gasteiger partial charge in [-0.25, -0.2) is 14.2 Å². The Hall–Kier alpha value is -3.59. The van der Waals surface area contributed by atoms with Gasteiger partial charge in [-0.1, -0.05) is 6.42 Å². The summed E-state index contributed by atoms with van der Waals surface area (Å²) in [5.41, 5.74) is 8.62. The molecule has 0 spiro atoms. The van der Waals surface area contributed by atoms with Crippen LogP contribution >= 0.6 is 7.82 Å². The third kappa shape index (κ3) is 17.5. The number of carboxylic acids is 3. The summed E-state index contributed by atoms with van der Waals surface area (Å²) >= 11 is 0. The number of phosphoric ester groups is 1. The maximum absolute atomic E-state index is 12.3. The number of nitrogens with zero attached hydrogens (tertiary/aromatic N) is 2. The monoisotopic (exact) mass is 672 g/mol. The van der Waals surface area contributed by atoms with E-state index in [-0.39, 0.29) is 39.0 Å². The predicted molar refractivity (Wildman–Crippen MR) is 150 cm³/mol. The van der Waals surface area contributed by atoms with E-state index in [1.54, 1.807) is 4.90 Å². The summed E-state index contributed by atoms with van der Waals surface area (Å²) in [7, 11) is -4.68. The number of nitrogens with two attached hydrogens (primary N) is 2. The van der Waals surface area contributed by atoms with E-state index < -0.39 is 88.4 Å². The molecule has 1 heterocycles. The standard InChI is InChI=1S/C23H41N6O15P/c24-21(37)41-12-16(44-22(25)38)13-43-45(39,40)42-8-6-27-17(30)3-1-2-4-23(29(10-19(33)34)11-20(35)36)14-26-5-7-28(15-23)9-18(31)32/h16,26H,1-15H2,(H2,24,37)(H2,25,38)(H,27,30)(H,31,32)(H,33,34)(H,35,36)(H,39,40). The van der Waals surface area contributed by atoms with Crippen LogP contribution in [0.15, 0.2) is 0 Å². The van der Waals surface area contributed by atoms with Crippen LogP contribution in [0.25, 0.3) is 0 Å². The molecular weight excluding hydrogens is 631 g/mol. The average molecular weight is 673 g/mol. The van der Waals surface area contributed by atoms with E-state index >= 15 is 0 Å². The van der Waals surface area contributed by atoms with Crippen LogP contribution in [0.5, 0.6) is 0 Å². The van der Waals surface area contributed by atoms with Gasteiger partial charge >= 0.3 is 37.9 Å². The molecule has 1 saturated heterocycles. The lowest BCUT2D eigenvalue weighted by Gasteiger charge is -2.44. The van der Waals surface area contributed by atoms with Crippen molar-refractivity contribution < 1.29 is 72.1 Å². The number of primary amides is 2. The fourth-order valence-corrected chi connectivity index (χ4v) is 5.29. The summed E-state index contributed by atoms with van der Waals surface area (Å²) in [6.07, 6.45) is -2.91. The summed E-state index contributed by atoms with van der Waals surface area (Å²) < 4.78 is 30.5. The highest BCUT2D eigenvalue weighted by atomic mass is 31.2. The fourth-order valence-electron chi connectivity index (χ4n) is 4.54. The van der Waals surface area contributed by atoms with E-state index in [2.05, 4.69) is 24.6 Å². The number of rotatable bonds is 22. The molecule has 258 valence electrons. The van der Waals surface area contributed by atoms with Crippen molar-refractivity contribution in [1.29, 1.82) is 0 Å². The second-order valence-corrected chi connectivity index (χ2v) is 11.4. The van der Waals surface area contributed by atoms with Crippen molar-refractivity contribution >= 4 is 43.8 Å². The van der Waals surface area contributed by atoms with E-state index in [1.165, 1.54) is 4.90 Å². The van der Waals surface area contributed by atoms with Gasteiger partial charge < -0.3 is 51.8 Å². The zero-order valence-electron chi connectivity index (χ0n) is 24.5. The summed E-state index contributed by atoms with van der Waals surface area (Å²) in [4.78, 5) is 81.1. The van der Waals surface area contributed by atoms with Gasteiger partial charge in [0.1, 0.15) is 6.61 Å². The minimum absolute atomic E-state index is 0.000501. The molecule has 0 aromatic rings. The van der Waals surface area contributed by atoms with Crippen molar-refractivity contribution in [3.05, 3.63) is 0 Å². The first-order valence-corrected chi connectivity index (χ1v) is 15.1. The number of carbonyl (C=O) groups excluding carboxylic acids is 3. The molecule has 0 saturated carbocycles. The second kappa shape index (κ2) is 19.7. The van der Waals surface area contributed by atoms with Crippen molar-refractivity contribution in [3.8, 4) is 0 Å². The van der Waals surface area contributed by atoms with Gasteiger partial charge in [-0.05, 0) is 12.8 Å². The first kappa shape index (κ1) is 39.4. The zero-order valence-corrected chi connectivity index (χ0v) is 25.4. The van der Waals surface area contributed by atoms with Crippen LogP contribution in [0.2, 0.25) is 0 Å². The quantitative estimate of drug-likeness (QED) is 0.0437. The predicted octanol–water partition coefficient (Wildman–Crippen LogP) is -2.44. The van der Waals surface area contributed by atoms with Gasteiger partial charge in [0.15, 0.2) is 6.10 Å². The molecule has 10 N–H and O–H groups in total. The van der Waals surface area contributed by atoms with Crippen molar-refractivity contribution in [2.24, 2.45) is 11.5 Å². The van der Waals surface area contributed by atoms with Crippen LogP contribution in [0, 0.1) is 0 Å². The molecule has 1 aliphatic heterocycles. The maximum Gasteiger partial charge on any atom is 0.472 e. The summed E-state index contributed by atoms with van der Waals surface area (Å²) in [5.74, 6) is -4.03. The molecule has 0 aromatic heterocycles. The van der Waals surface area contributed by atoms with Gasteiger partial charge in [-0.2, -0.15) is 0 Å². The van der Waals surface area contributed by atoms with E-state index in [9.17, 15) is 53.5 Å². The molecule has 22 heteroatoms. The second-order valence-electron chi connectivity index (χ2n) is 9.99. The Bertz CT molecular complexity index is 1070. The SMILES string of the molecule is NC(=O)OCC(COP(=O)(O)OCCNC(=O)CCCCC1(N(CC(=O)O)CC(=O)O)CNCCN(CC(=O)O)C1)OC(N)=O. The van der Waals surface area contributed by atoms with Crippen LogP contribution in [-0.2, 0) is 42.3 Å².